The van der Waals surface area contributed by atoms with Crippen LogP contribution < -0.4 is 5.32 Å². The van der Waals surface area contributed by atoms with E-state index in [-0.39, 0.29) is 23.7 Å². The van der Waals surface area contributed by atoms with Gasteiger partial charge >= 0.3 is 5.97 Å². The number of aromatic nitrogens is 1. The molecule has 1 aliphatic rings. The first-order chi connectivity index (χ1) is 12.9. The lowest BCUT2D eigenvalue weighted by molar-refractivity contribution is -0.115. The van der Waals surface area contributed by atoms with Crippen LogP contribution in [0.5, 0.6) is 0 Å². The summed E-state index contributed by atoms with van der Waals surface area (Å²) >= 11 is 0. The van der Waals surface area contributed by atoms with Crippen LogP contribution >= 0.6 is 0 Å². The first-order valence-electron chi connectivity index (χ1n) is 9.13. The fraction of sp³-hybridized carbons (Fsp3) is 0.381. The van der Waals surface area contributed by atoms with E-state index >= 15 is 0 Å². The maximum Gasteiger partial charge on any atom is 0.339 e. The summed E-state index contributed by atoms with van der Waals surface area (Å²) < 4.78 is 4.82. The van der Waals surface area contributed by atoms with Crippen LogP contribution in [0.25, 0.3) is 0 Å². The highest BCUT2D eigenvalue weighted by Crippen LogP contribution is 2.28. The Hall–Kier alpha value is -2.89. The molecule has 0 unspecified atom stereocenters. The Morgan fingerprint density at radius 1 is 1.19 bits per heavy atom. The maximum absolute atomic E-state index is 12.7. The summed E-state index contributed by atoms with van der Waals surface area (Å²) in [7, 11) is 1.28. The van der Waals surface area contributed by atoms with Gasteiger partial charge in [-0.2, -0.15) is 0 Å². The zero-order valence-corrected chi connectivity index (χ0v) is 15.9. The Labute approximate surface area is 158 Å². The Bertz CT molecular complexity index is 911. The van der Waals surface area contributed by atoms with Crippen molar-refractivity contribution in [3.8, 4) is 0 Å². The molecule has 0 radical (unpaired) electrons. The molecule has 2 aromatic rings. The second-order valence-corrected chi connectivity index (χ2v) is 6.90. The Balaban J connectivity index is 1.85. The molecule has 1 amide bonds. The molecule has 0 spiro atoms. The summed E-state index contributed by atoms with van der Waals surface area (Å²) in [6, 6.07) is 5.96. The average molecular weight is 368 g/mol. The van der Waals surface area contributed by atoms with Crippen molar-refractivity contribution in [3.05, 3.63) is 51.8 Å². The number of hydrogen-bond donors (Lipinski definition) is 2. The van der Waals surface area contributed by atoms with Crippen molar-refractivity contribution in [2.75, 3.05) is 12.4 Å². The fourth-order valence-corrected chi connectivity index (χ4v) is 3.77. The van der Waals surface area contributed by atoms with Crippen LogP contribution in [0, 0.1) is 6.92 Å². The summed E-state index contributed by atoms with van der Waals surface area (Å²) in [6.45, 7) is 3.09. The van der Waals surface area contributed by atoms with Crippen molar-refractivity contribution in [1.29, 1.82) is 0 Å². The SMILES string of the molecule is COC(=O)c1c(CC(=O)Nc2cccc3c2CCCC3)[nH]c(C(C)=O)c1C. The number of H-pyrrole nitrogens is 1. The average Bonchev–Trinajstić information content (AvgIpc) is 2.97. The van der Waals surface area contributed by atoms with Crippen LogP contribution in [0.4, 0.5) is 5.69 Å². The third-order valence-electron chi connectivity index (χ3n) is 5.08. The first-order valence-corrected chi connectivity index (χ1v) is 9.13. The van der Waals surface area contributed by atoms with Gasteiger partial charge in [-0.05, 0) is 55.4 Å². The number of benzene rings is 1. The Morgan fingerprint density at radius 3 is 2.63 bits per heavy atom. The topological polar surface area (TPSA) is 88.3 Å². The molecule has 6 nitrogen and oxygen atoms in total. The number of carbonyl (C=O) groups is 3. The molecule has 1 aromatic heterocycles. The molecular formula is C21H24N2O4. The number of hydrogen-bond acceptors (Lipinski definition) is 4. The number of esters is 1. The van der Waals surface area contributed by atoms with Crippen molar-refractivity contribution in [3.63, 3.8) is 0 Å². The number of anilines is 1. The summed E-state index contributed by atoms with van der Waals surface area (Å²) in [5.41, 5.74) is 4.79. The standard InChI is InChI=1S/C21H24N2O4/c1-12-19(21(26)27-3)17(23-20(12)13(2)24)11-18(25)22-16-10-6-8-14-7-4-5-9-15(14)16/h6,8,10,23H,4-5,7,9,11H2,1-3H3,(H,22,25). The van der Waals surface area contributed by atoms with Gasteiger partial charge in [0.25, 0.3) is 0 Å². The lowest BCUT2D eigenvalue weighted by atomic mass is 9.90. The number of carbonyl (C=O) groups excluding carboxylic acids is 3. The molecule has 0 saturated heterocycles. The van der Waals surface area contributed by atoms with E-state index in [0.717, 1.165) is 24.9 Å². The van der Waals surface area contributed by atoms with Crippen LogP contribution in [0.3, 0.4) is 0 Å². The van der Waals surface area contributed by atoms with Gasteiger partial charge in [0.15, 0.2) is 5.78 Å². The van der Waals surface area contributed by atoms with E-state index in [0.29, 0.717) is 17.0 Å². The summed E-state index contributed by atoms with van der Waals surface area (Å²) in [4.78, 5) is 39.5. The van der Waals surface area contributed by atoms with E-state index in [9.17, 15) is 14.4 Å². The van der Waals surface area contributed by atoms with E-state index in [2.05, 4.69) is 16.4 Å². The maximum atomic E-state index is 12.7. The van der Waals surface area contributed by atoms with E-state index in [1.54, 1.807) is 6.92 Å². The molecular weight excluding hydrogens is 344 g/mol. The van der Waals surface area contributed by atoms with Gasteiger partial charge in [-0.3, -0.25) is 9.59 Å². The number of amides is 1. The highest BCUT2D eigenvalue weighted by molar-refractivity contribution is 6.02. The van der Waals surface area contributed by atoms with Gasteiger partial charge in [0.1, 0.15) is 0 Å². The number of ether oxygens (including phenoxy) is 1. The van der Waals surface area contributed by atoms with Gasteiger partial charge in [-0.15, -0.1) is 0 Å². The molecule has 0 aliphatic heterocycles. The zero-order chi connectivity index (χ0) is 19.6. The molecule has 0 atom stereocenters. The Morgan fingerprint density at radius 2 is 1.93 bits per heavy atom. The first kappa shape index (κ1) is 18.9. The lowest BCUT2D eigenvalue weighted by Crippen LogP contribution is -2.19. The summed E-state index contributed by atoms with van der Waals surface area (Å²) in [5.74, 6) is -0.993. The summed E-state index contributed by atoms with van der Waals surface area (Å²) in [6.07, 6.45) is 4.23. The van der Waals surface area contributed by atoms with Crippen LogP contribution in [0.2, 0.25) is 0 Å². The second kappa shape index (κ2) is 7.78. The number of aryl methyl sites for hydroxylation is 1. The smallest absolute Gasteiger partial charge is 0.339 e. The second-order valence-electron chi connectivity index (χ2n) is 6.90. The largest absolute Gasteiger partial charge is 0.465 e. The highest BCUT2D eigenvalue weighted by Gasteiger charge is 2.24. The normalized spacial score (nSPS) is 13.0. The molecule has 27 heavy (non-hydrogen) atoms. The van der Waals surface area contributed by atoms with Crippen LogP contribution in [-0.4, -0.2) is 29.8 Å². The number of methoxy groups -OCH3 is 1. The number of Topliss-reactive ketones (excluding diaryl/α,β-unsaturated/α-hetero) is 1. The van der Waals surface area contributed by atoms with E-state index in [4.69, 9.17) is 4.74 Å². The minimum atomic E-state index is -0.559. The van der Waals surface area contributed by atoms with E-state index in [1.807, 2.05) is 12.1 Å². The number of fused-ring (bicyclic) bond motifs is 1. The van der Waals surface area contributed by atoms with Crippen molar-refractivity contribution in [1.82, 2.24) is 4.98 Å². The molecule has 142 valence electrons. The number of aromatic amines is 1. The molecule has 6 heteroatoms. The molecule has 2 N–H and O–H groups in total. The molecule has 0 saturated carbocycles. The number of ketones is 1. The van der Waals surface area contributed by atoms with Crippen LogP contribution in [-0.2, 0) is 28.8 Å². The predicted octanol–water partition coefficient (Wildman–Crippen LogP) is 3.37. The molecule has 1 aromatic carbocycles. The third kappa shape index (κ3) is 3.79. The van der Waals surface area contributed by atoms with Crippen molar-refractivity contribution in [2.45, 2.75) is 46.0 Å². The van der Waals surface area contributed by atoms with Gasteiger partial charge in [0.05, 0.1) is 24.8 Å². The van der Waals surface area contributed by atoms with Crippen molar-refractivity contribution < 1.29 is 19.1 Å². The quantitative estimate of drug-likeness (QED) is 0.626. The molecule has 1 aliphatic carbocycles. The monoisotopic (exact) mass is 368 g/mol. The molecule has 0 fully saturated rings. The van der Waals surface area contributed by atoms with E-state index < -0.39 is 5.97 Å². The van der Waals surface area contributed by atoms with E-state index in [1.165, 1.54) is 31.6 Å². The molecule has 0 bridgehead atoms. The van der Waals surface area contributed by atoms with Gasteiger partial charge in [-0.25, -0.2) is 4.79 Å². The van der Waals surface area contributed by atoms with Gasteiger partial charge in [-0.1, -0.05) is 12.1 Å². The molecule has 1 heterocycles. The minimum absolute atomic E-state index is 0.0395. The van der Waals surface area contributed by atoms with Gasteiger partial charge in [0, 0.05) is 18.3 Å². The zero-order valence-electron chi connectivity index (χ0n) is 15.9. The highest BCUT2D eigenvalue weighted by atomic mass is 16.5. The van der Waals surface area contributed by atoms with Crippen molar-refractivity contribution in [2.24, 2.45) is 0 Å². The lowest BCUT2D eigenvalue weighted by Gasteiger charge is -2.19. The van der Waals surface area contributed by atoms with Crippen LogP contribution in [0.1, 0.15) is 63.0 Å². The fourth-order valence-electron chi connectivity index (χ4n) is 3.77. The number of nitrogens with one attached hydrogen (secondary N) is 2. The molecule has 3 rings (SSSR count). The van der Waals surface area contributed by atoms with Crippen molar-refractivity contribution >= 4 is 23.3 Å². The minimum Gasteiger partial charge on any atom is -0.465 e. The third-order valence-corrected chi connectivity index (χ3v) is 5.08. The van der Waals surface area contributed by atoms with Gasteiger partial charge < -0.3 is 15.0 Å². The summed E-state index contributed by atoms with van der Waals surface area (Å²) in [5, 5.41) is 2.96. The number of rotatable bonds is 5. The van der Waals surface area contributed by atoms with Crippen LogP contribution in [0.15, 0.2) is 18.2 Å². The predicted molar refractivity (Wildman–Crippen MR) is 102 cm³/mol. The Kier molecular flexibility index (Phi) is 5.44. The van der Waals surface area contributed by atoms with Gasteiger partial charge in [0.2, 0.25) is 5.91 Å².